The molecule has 2 rings (SSSR count). The van der Waals surface area contributed by atoms with Crippen molar-refractivity contribution < 1.29 is 23.9 Å². The van der Waals surface area contributed by atoms with E-state index >= 15 is 0 Å². The quantitative estimate of drug-likeness (QED) is 0.387. The van der Waals surface area contributed by atoms with E-state index in [1.807, 2.05) is 19.2 Å². The van der Waals surface area contributed by atoms with Crippen molar-refractivity contribution >= 4 is 57.5 Å². The Morgan fingerprint density at radius 3 is 2.50 bits per heavy atom. The highest BCUT2D eigenvalue weighted by molar-refractivity contribution is 8.00. The molecule has 1 aromatic carbocycles. The SMILES string of the molecule is CCOC(=O)c1c(CC(C)C)csc1NC(=O)COC(=O)CSc1ccc(Cl)cc1. The normalized spacial score (nSPS) is 10.7. The molecule has 162 valence electrons. The first kappa shape index (κ1) is 24.2. The van der Waals surface area contributed by atoms with Gasteiger partial charge in [-0.1, -0.05) is 25.4 Å². The van der Waals surface area contributed by atoms with E-state index in [1.54, 1.807) is 31.2 Å². The van der Waals surface area contributed by atoms with Gasteiger partial charge in [-0.25, -0.2) is 4.79 Å². The van der Waals surface area contributed by atoms with Gasteiger partial charge in [0.2, 0.25) is 0 Å². The maximum atomic E-state index is 12.4. The molecular formula is C21H24ClNO5S2. The number of thioether (sulfide) groups is 1. The number of rotatable bonds is 10. The molecule has 0 saturated heterocycles. The third-order valence-corrected chi connectivity index (χ3v) is 5.94. The van der Waals surface area contributed by atoms with Gasteiger partial charge in [0, 0.05) is 9.92 Å². The smallest absolute Gasteiger partial charge is 0.341 e. The first-order valence-electron chi connectivity index (χ1n) is 9.41. The Labute approximate surface area is 189 Å². The van der Waals surface area contributed by atoms with Crippen LogP contribution in [0.25, 0.3) is 0 Å². The molecule has 1 heterocycles. The van der Waals surface area contributed by atoms with E-state index in [0.29, 0.717) is 27.9 Å². The molecule has 1 aromatic heterocycles. The van der Waals surface area contributed by atoms with E-state index in [-0.39, 0.29) is 12.4 Å². The van der Waals surface area contributed by atoms with Crippen LogP contribution in [-0.4, -0.2) is 36.8 Å². The minimum absolute atomic E-state index is 0.0700. The molecule has 0 fully saturated rings. The van der Waals surface area contributed by atoms with E-state index in [9.17, 15) is 14.4 Å². The molecule has 0 radical (unpaired) electrons. The Morgan fingerprint density at radius 2 is 1.87 bits per heavy atom. The summed E-state index contributed by atoms with van der Waals surface area (Å²) in [5.41, 5.74) is 1.20. The van der Waals surface area contributed by atoms with Crippen molar-refractivity contribution in [2.45, 2.75) is 32.1 Å². The number of nitrogens with one attached hydrogen (secondary N) is 1. The van der Waals surface area contributed by atoms with E-state index < -0.39 is 24.5 Å². The van der Waals surface area contributed by atoms with Crippen molar-refractivity contribution in [3.63, 3.8) is 0 Å². The van der Waals surface area contributed by atoms with Gasteiger partial charge in [0.05, 0.1) is 17.9 Å². The van der Waals surface area contributed by atoms with Gasteiger partial charge in [-0.05, 0) is 54.5 Å². The molecule has 30 heavy (non-hydrogen) atoms. The molecular weight excluding hydrogens is 446 g/mol. The summed E-state index contributed by atoms with van der Waals surface area (Å²) >= 11 is 8.37. The van der Waals surface area contributed by atoms with Crippen molar-refractivity contribution in [3.8, 4) is 0 Å². The predicted molar refractivity (Wildman–Crippen MR) is 121 cm³/mol. The number of benzene rings is 1. The molecule has 9 heteroatoms. The molecule has 0 unspecified atom stereocenters. The lowest BCUT2D eigenvalue weighted by Crippen LogP contribution is -2.22. The first-order valence-corrected chi connectivity index (χ1v) is 11.7. The summed E-state index contributed by atoms with van der Waals surface area (Å²) in [5.74, 6) is -1.08. The van der Waals surface area contributed by atoms with Gasteiger partial charge in [0.15, 0.2) is 6.61 Å². The number of hydrogen-bond donors (Lipinski definition) is 1. The average Bonchev–Trinajstić information content (AvgIpc) is 3.07. The fourth-order valence-corrected chi connectivity index (χ4v) is 4.33. The molecule has 0 saturated carbocycles. The zero-order valence-electron chi connectivity index (χ0n) is 17.0. The van der Waals surface area contributed by atoms with Crippen LogP contribution in [0.5, 0.6) is 0 Å². The molecule has 0 aliphatic carbocycles. The van der Waals surface area contributed by atoms with Crippen LogP contribution in [0.4, 0.5) is 5.00 Å². The summed E-state index contributed by atoms with van der Waals surface area (Å²) in [6, 6.07) is 7.07. The monoisotopic (exact) mass is 469 g/mol. The molecule has 0 aliphatic rings. The Morgan fingerprint density at radius 1 is 1.17 bits per heavy atom. The van der Waals surface area contributed by atoms with E-state index in [0.717, 1.165) is 10.5 Å². The van der Waals surface area contributed by atoms with Gasteiger partial charge in [-0.2, -0.15) is 0 Å². The predicted octanol–water partition coefficient (Wildman–Crippen LogP) is 5.05. The average molecular weight is 470 g/mol. The highest BCUT2D eigenvalue weighted by Crippen LogP contribution is 2.31. The van der Waals surface area contributed by atoms with Gasteiger partial charge in [0.1, 0.15) is 5.00 Å². The molecule has 0 bridgehead atoms. The maximum Gasteiger partial charge on any atom is 0.341 e. The minimum Gasteiger partial charge on any atom is -0.462 e. The number of hydrogen-bond acceptors (Lipinski definition) is 7. The van der Waals surface area contributed by atoms with Gasteiger partial charge in [-0.3, -0.25) is 9.59 Å². The molecule has 2 aromatic rings. The van der Waals surface area contributed by atoms with Crippen LogP contribution in [0.3, 0.4) is 0 Å². The van der Waals surface area contributed by atoms with E-state index in [1.165, 1.54) is 23.1 Å². The molecule has 0 aliphatic heterocycles. The number of amides is 1. The van der Waals surface area contributed by atoms with Gasteiger partial charge < -0.3 is 14.8 Å². The van der Waals surface area contributed by atoms with Gasteiger partial charge in [-0.15, -0.1) is 23.1 Å². The number of carbonyl (C=O) groups is 3. The zero-order valence-corrected chi connectivity index (χ0v) is 19.4. The molecule has 6 nitrogen and oxygen atoms in total. The third-order valence-electron chi connectivity index (χ3n) is 3.76. The second-order valence-electron chi connectivity index (χ2n) is 6.73. The number of halogens is 1. The standard InChI is InChI=1S/C21H24ClNO5S2/c1-4-27-21(26)19-14(9-13(2)3)11-30-20(19)23-17(24)10-28-18(25)12-29-16-7-5-15(22)6-8-16/h5-8,11,13H,4,9-10,12H2,1-3H3,(H,23,24). The van der Waals surface area contributed by atoms with Gasteiger partial charge in [0.25, 0.3) is 5.91 Å². The molecule has 0 spiro atoms. The lowest BCUT2D eigenvalue weighted by molar-refractivity contribution is -0.144. The van der Waals surface area contributed by atoms with Crippen molar-refractivity contribution in [1.29, 1.82) is 0 Å². The van der Waals surface area contributed by atoms with Gasteiger partial charge >= 0.3 is 11.9 Å². The number of thiophene rings is 1. The number of esters is 2. The highest BCUT2D eigenvalue weighted by Gasteiger charge is 2.22. The lowest BCUT2D eigenvalue weighted by atomic mass is 10.0. The van der Waals surface area contributed by atoms with Crippen LogP contribution in [0.15, 0.2) is 34.5 Å². The summed E-state index contributed by atoms with van der Waals surface area (Å²) in [6.45, 7) is 5.64. The summed E-state index contributed by atoms with van der Waals surface area (Å²) in [7, 11) is 0. The van der Waals surface area contributed by atoms with Crippen LogP contribution >= 0.6 is 34.7 Å². The van der Waals surface area contributed by atoms with Crippen LogP contribution in [0, 0.1) is 5.92 Å². The molecule has 0 atom stereocenters. The number of ether oxygens (including phenoxy) is 2. The van der Waals surface area contributed by atoms with Crippen LogP contribution in [0.2, 0.25) is 5.02 Å². The van der Waals surface area contributed by atoms with Crippen molar-refractivity contribution in [3.05, 3.63) is 45.8 Å². The third kappa shape index (κ3) is 7.66. The topological polar surface area (TPSA) is 81.7 Å². The maximum absolute atomic E-state index is 12.4. The number of anilines is 1. The highest BCUT2D eigenvalue weighted by atomic mass is 35.5. The summed E-state index contributed by atoms with van der Waals surface area (Å²) in [6.07, 6.45) is 0.692. The van der Waals surface area contributed by atoms with Crippen molar-refractivity contribution in [1.82, 2.24) is 0 Å². The van der Waals surface area contributed by atoms with Crippen molar-refractivity contribution in [2.24, 2.45) is 5.92 Å². The second-order valence-corrected chi connectivity index (χ2v) is 9.10. The molecule has 1 N–H and O–H groups in total. The first-order chi connectivity index (χ1) is 14.3. The fourth-order valence-electron chi connectivity index (χ4n) is 2.53. The Balaban J connectivity index is 1.90. The van der Waals surface area contributed by atoms with Crippen LogP contribution < -0.4 is 5.32 Å². The summed E-state index contributed by atoms with van der Waals surface area (Å²) in [5, 5.41) is 5.52. The second kappa shape index (κ2) is 12.0. The summed E-state index contributed by atoms with van der Waals surface area (Å²) in [4.78, 5) is 37.4. The Kier molecular flexibility index (Phi) is 9.68. The minimum atomic E-state index is -0.512. The van der Waals surface area contributed by atoms with Crippen LogP contribution in [0.1, 0.15) is 36.7 Å². The Bertz CT molecular complexity index is 880. The fraction of sp³-hybridized carbons (Fsp3) is 0.381. The Hall–Kier alpha value is -2.03. The zero-order chi connectivity index (χ0) is 22.1. The van der Waals surface area contributed by atoms with E-state index in [4.69, 9.17) is 21.1 Å². The molecule has 1 amide bonds. The lowest BCUT2D eigenvalue weighted by Gasteiger charge is -2.10. The largest absolute Gasteiger partial charge is 0.462 e. The van der Waals surface area contributed by atoms with Crippen LogP contribution in [-0.2, 0) is 25.5 Å². The number of carbonyl (C=O) groups excluding carboxylic acids is 3. The van der Waals surface area contributed by atoms with Crippen molar-refractivity contribution in [2.75, 3.05) is 24.3 Å². The van der Waals surface area contributed by atoms with E-state index in [2.05, 4.69) is 5.32 Å². The summed E-state index contributed by atoms with van der Waals surface area (Å²) < 4.78 is 10.2.